The van der Waals surface area contributed by atoms with Gasteiger partial charge in [0.15, 0.2) is 0 Å². The number of rotatable bonds is 6. The number of halogens is 5. The van der Waals surface area contributed by atoms with Gasteiger partial charge in [-0.1, -0.05) is 23.7 Å². The van der Waals surface area contributed by atoms with Crippen molar-refractivity contribution in [2.75, 3.05) is 12.0 Å². The topological polar surface area (TPSA) is 61.9 Å². The normalized spacial score (nSPS) is 13.1. The van der Waals surface area contributed by atoms with Crippen molar-refractivity contribution >= 4 is 29.2 Å². The van der Waals surface area contributed by atoms with Gasteiger partial charge < -0.3 is 5.32 Å². The number of benzene rings is 3. The molecule has 0 fully saturated rings. The first-order chi connectivity index (χ1) is 16.7. The third-order valence-corrected chi connectivity index (χ3v) is 5.88. The van der Waals surface area contributed by atoms with Gasteiger partial charge in [-0.25, -0.2) is 22.4 Å². The second-order valence-electron chi connectivity index (χ2n) is 7.66. The Morgan fingerprint density at radius 2 is 1.74 bits per heavy atom. The largest absolute Gasteiger partial charge is 0.349 e. The number of fused-ring (bicyclic) bond motifs is 1. The summed E-state index contributed by atoms with van der Waals surface area (Å²) in [7, 11) is 1.31. The van der Waals surface area contributed by atoms with Crippen molar-refractivity contribution in [3.05, 3.63) is 99.1 Å². The summed E-state index contributed by atoms with van der Waals surface area (Å²) in [6, 6.07) is 9.01. The van der Waals surface area contributed by atoms with E-state index in [9.17, 15) is 27.2 Å². The molecule has 182 valence electrons. The third-order valence-electron chi connectivity index (χ3n) is 5.53. The van der Waals surface area contributed by atoms with Crippen LogP contribution in [0.15, 0.2) is 48.5 Å². The summed E-state index contributed by atoms with van der Waals surface area (Å²) >= 11 is 6.14. The van der Waals surface area contributed by atoms with Crippen LogP contribution in [0.1, 0.15) is 27.0 Å². The molecule has 3 amide bonds. The number of amides is 3. The Labute approximate surface area is 202 Å². The van der Waals surface area contributed by atoms with E-state index in [0.717, 1.165) is 5.06 Å². The van der Waals surface area contributed by atoms with E-state index in [1.807, 2.05) is 0 Å². The smallest absolute Gasteiger partial charge is 0.348 e. The van der Waals surface area contributed by atoms with Crippen LogP contribution in [0.5, 0.6) is 0 Å². The zero-order valence-corrected chi connectivity index (χ0v) is 19.0. The molecule has 1 aliphatic rings. The highest BCUT2D eigenvalue weighted by Crippen LogP contribution is 2.33. The minimum Gasteiger partial charge on any atom is -0.348 e. The molecule has 1 aliphatic heterocycles. The molecule has 0 aromatic heterocycles. The maximum Gasteiger partial charge on any atom is 0.349 e. The minimum atomic E-state index is -1.13. The molecule has 0 radical (unpaired) electrons. The fourth-order valence-electron chi connectivity index (χ4n) is 3.70. The Morgan fingerprint density at radius 3 is 2.40 bits per heavy atom. The number of nitrogens with zero attached hydrogens (tertiary/aromatic N) is 2. The van der Waals surface area contributed by atoms with Gasteiger partial charge in [0.05, 0.1) is 25.9 Å². The number of hydroxylamine groups is 2. The summed E-state index contributed by atoms with van der Waals surface area (Å²) in [5.41, 5.74) is 0.568. The molecule has 35 heavy (non-hydrogen) atoms. The summed E-state index contributed by atoms with van der Waals surface area (Å²) in [5.74, 6) is -4.65. The van der Waals surface area contributed by atoms with Crippen LogP contribution in [-0.4, -0.2) is 24.1 Å². The van der Waals surface area contributed by atoms with E-state index in [0.29, 0.717) is 23.4 Å². The molecule has 3 aromatic carbocycles. The van der Waals surface area contributed by atoms with Gasteiger partial charge in [-0.05, 0) is 29.8 Å². The quantitative estimate of drug-likeness (QED) is 0.459. The second kappa shape index (κ2) is 9.93. The van der Waals surface area contributed by atoms with Crippen LogP contribution in [0.3, 0.4) is 0 Å². The first kappa shape index (κ1) is 24.5. The molecule has 6 nitrogen and oxygen atoms in total. The number of urea groups is 1. The zero-order chi connectivity index (χ0) is 25.3. The van der Waals surface area contributed by atoms with Crippen molar-refractivity contribution in [3.63, 3.8) is 0 Å². The summed E-state index contributed by atoms with van der Waals surface area (Å²) in [4.78, 5) is 32.0. The van der Waals surface area contributed by atoms with Crippen molar-refractivity contribution in [3.8, 4) is 0 Å². The Morgan fingerprint density at radius 1 is 1.03 bits per heavy atom. The first-order valence-electron chi connectivity index (χ1n) is 10.3. The number of hydrogen-bond acceptors (Lipinski definition) is 3. The number of hydrogen-bond donors (Lipinski definition) is 1. The van der Waals surface area contributed by atoms with Gasteiger partial charge in [-0.15, -0.1) is 0 Å². The first-order valence-corrected chi connectivity index (χ1v) is 10.7. The van der Waals surface area contributed by atoms with Gasteiger partial charge in [-0.2, -0.15) is 5.06 Å². The van der Waals surface area contributed by atoms with Crippen molar-refractivity contribution < 1.29 is 32.0 Å². The summed E-state index contributed by atoms with van der Waals surface area (Å²) in [5, 5.41) is 3.56. The standard InChI is InChI=1S/C24H18ClF4N3O3/c1-35-32-11-14-6-5-13(23(33)30-10-16-20(28)8-15(26)9-21(16)29)7-22(14)31(24(32)34)12-17-18(25)3-2-4-19(17)27/h2-9H,10-12H2,1H3,(H,30,33). The number of anilines is 1. The number of nitrogens with one attached hydrogen (secondary N) is 1. The Kier molecular flexibility index (Phi) is 6.95. The van der Waals surface area contributed by atoms with E-state index in [1.165, 1.54) is 42.3 Å². The number of carbonyl (C=O) groups excluding carboxylic acids is 2. The fourth-order valence-corrected chi connectivity index (χ4v) is 3.92. The van der Waals surface area contributed by atoms with Crippen LogP contribution in [0.25, 0.3) is 0 Å². The zero-order valence-electron chi connectivity index (χ0n) is 18.2. The Balaban J connectivity index is 1.63. The highest BCUT2D eigenvalue weighted by Gasteiger charge is 2.32. The summed E-state index contributed by atoms with van der Waals surface area (Å²) in [6.45, 7) is -0.701. The summed E-state index contributed by atoms with van der Waals surface area (Å²) in [6.07, 6.45) is 0. The van der Waals surface area contributed by atoms with Gasteiger partial charge in [0, 0.05) is 40.4 Å². The molecular formula is C24H18ClF4N3O3. The monoisotopic (exact) mass is 507 g/mol. The molecule has 0 aliphatic carbocycles. The molecule has 1 heterocycles. The lowest BCUT2D eigenvalue weighted by Gasteiger charge is -2.36. The molecule has 0 spiro atoms. The maximum atomic E-state index is 14.4. The lowest BCUT2D eigenvalue weighted by Crippen LogP contribution is -2.46. The van der Waals surface area contributed by atoms with Crippen LogP contribution in [0.4, 0.5) is 28.0 Å². The predicted octanol–water partition coefficient (Wildman–Crippen LogP) is 5.33. The molecule has 11 heteroatoms. The van der Waals surface area contributed by atoms with Crippen molar-refractivity contribution in [2.24, 2.45) is 0 Å². The lowest BCUT2D eigenvalue weighted by molar-refractivity contribution is -0.0931. The van der Waals surface area contributed by atoms with Gasteiger partial charge in [0.1, 0.15) is 23.3 Å². The van der Waals surface area contributed by atoms with Crippen LogP contribution in [0.2, 0.25) is 5.02 Å². The highest BCUT2D eigenvalue weighted by molar-refractivity contribution is 6.31. The molecule has 3 aromatic rings. The average molecular weight is 508 g/mol. The third kappa shape index (κ3) is 4.94. The van der Waals surface area contributed by atoms with E-state index in [2.05, 4.69) is 5.32 Å². The molecule has 0 bridgehead atoms. The Bertz CT molecular complexity index is 1280. The average Bonchev–Trinajstić information content (AvgIpc) is 2.81. The molecule has 0 saturated carbocycles. The van der Waals surface area contributed by atoms with E-state index >= 15 is 0 Å². The SMILES string of the molecule is CON1Cc2ccc(C(=O)NCc3c(F)cc(F)cc3F)cc2N(Cc2c(F)cccc2Cl)C1=O. The second-order valence-corrected chi connectivity index (χ2v) is 8.07. The van der Waals surface area contributed by atoms with Crippen LogP contribution >= 0.6 is 11.6 Å². The number of carbonyl (C=O) groups is 2. The Hall–Kier alpha value is -3.63. The van der Waals surface area contributed by atoms with Crippen LogP contribution in [-0.2, 0) is 24.5 Å². The van der Waals surface area contributed by atoms with E-state index in [-0.39, 0.29) is 29.2 Å². The van der Waals surface area contributed by atoms with E-state index in [1.54, 1.807) is 6.07 Å². The van der Waals surface area contributed by atoms with Gasteiger partial charge in [0.2, 0.25) is 0 Å². The fraction of sp³-hybridized carbons (Fsp3) is 0.167. The van der Waals surface area contributed by atoms with Crippen molar-refractivity contribution in [2.45, 2.75) is 19.6 Å². The maximum absolute atomic E-state index is 14.4. The van der Waals surface area contributed by atoms with Gasteiger partial charge >= 0.3 is 6.03 Å². The molecule has 0 saturated heterocycles. The minimum absolute atomic E-state index is 0.0695. The summed E-state index contributed by atoms with van der Waals surface area (Å²) < 4.78 is 55.3. The van der Waals surface area contributed by atoms with Crippen molar-refractivity contribution in [1.82, 2.24) is 10.4 Å². The molecular weight excluding hydrogens is 490 g/mol. The molecule has 0 unspecified atom stereocenters. The van der Waals surface area contributed by atoms with E-state index in [4.69, 9.17) is 16.4 Å². The van der Waals surface area contributed by atoms with E-state index < -0.39 is 47.3 Å². The molecule has 1 N–H and O–H groups in total. The lowest BCUT2D eigenvalue weighted by atomic mass is 10.0. The van der Waals surface area contributed by atoms with Crippen LogP contribution in [0, 0.1) is 23.3 Å². The molecule has 4 rings (SSSR count). The van der Waals surface area contributed by atoms with Gasteiger partial charge in [-0.3, -0.25) is 14.5 Å². The van der Waals surface area contributed by atoms with Crippen LogP contribution < -0.4 is 10.2 Å². The highest BCUT2D eigenvalue weighted by atomic mass is 35.5. The van der Waals surface area contributed by atoms with Gasteiger partial charge in [0.25, 0.3) is 5.91 Å². The predicted molar refractivity (Wildman–Crippen MR) is 119 cm³/mol. The molecule has 0 atom stereocenters. The van der Waals surface area contributed by atoms with Crippen molar-refractivity contribution in [1.29, 1.82) is 0 Å².